The molecule has 0 heterocycles. The first-order chi connectivity index (χ1) is 12.5. The van der Waals surface area contributed by atoms with Crippen LogP contribution in [0.4, 0.5) is 17.6 Å². The van der Waals surface area contributed by atoms with E-state index in [9.17, 15) is 26.9 Å². The molecule has 0 amide bonds. The lowest BCUT2D eigenvalue weighted by molar-refractivity contribution is -0.0420. The summed E-state index contributed by atoms with van der Waals surface area (Å²) in [6.45, 7) is 0. The Morgan fingerprint density at radius 2 is 2.00 bits per heavy atom. The lowest BCUT2D eigenvalue weighted by Crippen LogP contribution is -2.40. The number of hydrogen-bond donors (Lipinski definition) is 3. The van der Waals surface area contributed by atoms with Crippen molar-refractivity contribution in [2.45, 2.75) is 29.3 Å². The quantitative estimate of drug-likeness (QED) is 0.543. The Morgan fingerprint density at radius 1 is 1.30 bits per heavy atom. The fraction of sp³-hybridized carbons (Fsp3) is 0.235. The highest BCUT2D eigenvalue weighted by Gasteiger charge is 2.46. The van der Waals surface area contributed by atoms with E-state index in [-0.39, 0.29) is 41.0 Å². The summed E-state index contributed by atoms with van der Waals surface area (Å²) in [6.07, 6.45) is -1.01. The van der Waals surface area contributed by atoms with Crippen molar-refractivity contribution in [1.29, 1.82) is 5.26 Å². The van der Waals surface area contributed by atoms with E-state index < -0.39 is 32.4 Å². The average molecular weight is 402 g/mol. The molecular formula is C17H14F4N2O3S. The van der Waals surface area contributed by atoms with Crippen molar-refractivity contribution in [3.8, 4) is 17.6 Å². The van der Waals surface area contributed by atoms with Crippen molar-refractivity contribution in [3.05, 3.63) is 52.8 Å². The molecule has 3 rings (SSSR count). The Bertz CT molecular complexity index is 1000. The number of benzene rings is 2. The number of aliphatic hydroxyl groups excluding tert-OH is 1. The molecule has 0 spiro atoms. The van der Waals surface area contributed by atoms with Crippen LogP contribution in [0.1, 0.15) is 29.2 Å². The zero-order valence-electron chi connectivity index (χ0n) is 13.6. The van der Waals surface area contributed by atoms with Crippen LogP contribution >= 0.6 is 0 Å². The second-order valence-corrected chi connectivity index (χ2v) is 8.35. The molecule has 1 unspecified atom stereocenters. The fourth-order valence-corrected chi connectivity index (χ4v) is 4.23. The number of nitriles is 1. The van der Waals surface area contributed by atoms with Gasteiger partial charge in [-0.05, 0) is 37.1 Å². The third kappa shape index (κ3) is 3.41. The molecule has 0 bridgehead atoms. The van der Waals surface area contributed by atoms with Gasteiger partial charge < -0.3 is 9.84 Å². The average Bonchev–Trinajstić information content (AvgIpc) is 2.96. The first-order valence-electron chi connectivity index (χ1n) is 7.73. The van der Waals surface area contributed by atoms with Gasteiger partial charge in [-0.25, -0.2) is 4.39 Å². The molecule has 3 N–H and O–H groups in total. The van der Waals surface area contributed by atoms with Crippen LogP contribution in [-0.4, -0.2) is 14.8 Å². The van der Waals surface area contributed by atoms with Gasteiger partial charge in [-0.15, -0.1) is 0 Å². The number of thiol groups is 1. The summed E-state index contributed by atoms with van der Waals surface area (Å²) < 4.78 is 70.6. The second-order valence-electron chi connectivity index (χ2n) is 6.04. The lowest BCUT2D eigenvalue weighted by Gasteiger charge is -2.26. The van der Waals surface area contributed by atoms with Gasteiger partial charge in [0.2, 0.25) is 0 Å². The minimum Gasteiger partial charge on any atom is -0.457 e. The number of nitrogens with zero attached hydrogens (tertiary/aromatic N) is 1. The first-order valence-corrected chi connectivity index (χ1v) is 9.50. The molecule has 0 aliphatic heterocycles. The second kappa shape index (κ2) is 6.60. The van der Waals surface area contributed by atoms with Crippen molar-refractivity contribution in [2.24, 2.45) is 5.14 Å². The standard InChI is InChI=1S/C17H14F4N2O3S/c18-10-5-9(8-22)6-11(7-10)26-14-3-4-15(27(23,25)17(19,20)21)16-12(14)1-2-13(16)24/h3-7,13,24,27H,1-2H2,(H2,23,25). The summed E-state index contributed by atoms with van der Waals surface area (Å²) in [6, 6.07) is 7.08. The van der Waals surface area contributed by atoms with E-state index in [0.29, 0.717) is 0 Å². The molecule has 0 saturated heterocycles. The SMILES string of the molecule is N#Cc1cc(F)cc(Oc2ccc([SH](N)(=O)C(F)(F)F)c3c2CCC3O)c1. The maximum Gasteiger partial charge on any atom is 0.464 e. The van der Waals surface area contributed by atoms with Crippen LogP contribution in [-0.2, 0) is 16.5 Å². The molecule has 27 heavy (non-hydrogen) atoms. The molecule has 0 aromatic heterocycles. The summed E-state index contributed by atoms with van der Waals surface area (Å²) in [7, 11) is -5.25. The molecule has 1 atom stereocenters. The van der Waals surface area contributed by atoms with Crippen LogP contribution in [0.3, 0.4) is 0 Å². The molecule has 1 aliphatic carbocycles. The number of rotatable bonds is 3. The van der Waals surface area contributed by atoms with Crippen LogP contribution in [0.15, 0.2) is 35.2 Å². The van der Waals surface area contributed by atoms with Crippen molar-refractivity contribution in [3.63, 3.8) is 0 Å². The number of fused-ring (bicyclic) bond motifs is 1. The van der Waals surface area contributed by atoms with Crippen LogP contribution < -0.4 is 9.88 Å². The van der Waals surface area contributed by atoms with Gasteiger partial charge in [0.1, 0.15) is 17.3 Å². The number of ether oxygens (including phenoxy) is 1. The first kappa shape index (κ1) is 19.3. The summed E-state index contributed by atoms with van der Waals surface area (Å²) in [5, 5.41) is 24.1. The summed E-state index contributed by atoms with van der Waals surface area (Å²) in [5.41, 5.74) is -5.11. The number of halogens is 4. The van der Waals surface area contributed by atoms with E-state index in [2.05, 4.69) is 0 Å². The Labute approximate surface area is 152 Å². The number of hydrogen-bond acceptors (Lipinski definition) is 4. The van der Waals surface area contributed by atoms with Crippen LogP contribution in [0.5, 0.6) is 11.5 Å². The highest BCUT2D eigenvalue weighted by atomic mass is 32.3. The maximum absolute atomic E-state index is 13.6. The van der Waals surface area contributed by atoms with Crippen molar-refractivity contribution >= 4 is 10.1 Å². The third-order valence-corrected chi connectivity index (χ3v) is 6.11. The molecule has 0 fully saturated rings. The van der Waals surface area contributed by atoms with Crippen molar-refractivity contribution in [1.82, 2.24) is 0 Å². The summed E-state index contributed by atoms with van der Waals surface area (Å²) in [4.78, 5) is -0.667. The predicted molar refractivity (Wildman–Crippen MR) is 89.0 cm³/mol. The monoisotopic (exact) mass is 402 g/mol. The van der Waals surface area contributed by atoms with E-state index in [0.717, 1.165) is 24.3 Å². The van der Waals surface area contributed by atoms with Gasteiger partial charge in [-0.1, -0.05) is 0 Å². The zero-order valence-corrected chi connectivity index (χ0v) is 14.5. The molecule has 10 heteroatoms. The Morgan fingerprint density at radius 3 is 2.63 bits per heavy atom. The van der Waals surface area contributed by atoms with Gasteiger partial charge >= 0.3 is 5.51 Å². The molecule has 1 aliphatic rings. The largest absolute Gasteiger partial charge is 0.464 e. The smallest absolute Gasteiger partial charge is 0.457 e. The van der Waals surface area contributed by atoms with E-state index in [1.807, 2.05) is 0 Å². The van der Waals surface area contributed by atoms with Crippen LogP contribution in [0.25, 0.3) is 0 Å². The fourth-order valence-electron chi connectivity index (χ4n) is 3.02. The van der Waals surface area contributed by atoms with Gasteiger partial charge in [-0.3, -0.25) is 9.35 Å². The molecule has 144 valence electrons. The Hall–Kier alpha value is -2.48. The minimum atomic E-state index is -5.25. The Balaban J connectivity index is 2.10. The van der Waals surface area contributed by atoms with Gasteiger partial charge in [0.15, 0.2) is 0 Å². The van der Waals surface area contributed by atoms with Gasteiger partial charge in [0.05, 0.1) is 27.9 Å². The number of nitrogens with two attached hydrogens (primary N) is 1. The number of aliphatic hydroxyl groups is 1. The normalized spacial score (nSPS) is 17.3. The minimum absolute atomic E-state index is 0.00170. The number of alkyl halides is 3. The van der Waals surface area contributed by atoms with Gasteiger partial charge in [-0.2, -0.15) is 18.4 Å². The highest BCUT2D eigenvalue weighted by Crippen LogP contribution is 2.46. The van der Waals surface area contributed by atoms with Gasteiger partial charge in [0.25, 0.3) is 0 Å². The molecular weight excluding hydrogens is 388 g/mol. The van der Waals surface area contributed by atoms with E-state index >= 15 is 0 Å². The maximum atomic E-state index is 13.6. The third-order valence-electron chi connectivity index (χ3n) is 4.25. The summed E-state index contributed by atoms with van der Waals surface area (Å²) in [5.74, 6) is -0.683. The molecule has 0 radical (unpaired) electrons. The molecule has 2 aromatic carbocycles. The lowest BCUT2D eigenvalue weighted by atomic mass is 10.1. The Kier molecular flexibility index (Phi) is 4.71. The van der Waals surface area contributed by atoms with Crippen molar-refractivity contribution < 1.29 is 31.6 Å². The molecule has 0 saturated carbocycles. The van der Waals surface area contributed by atoms with E-state index in [1.54, 1.807) is 6.07 Å². The van der Waals surface area contributed by atoms with Crippen LogP contribution in [0.2, 0.25) is 0 Å². The zero-order chi connectivity index (χ0) is 20.0. The van der Waals surface area contributed by atoms with Crippen LogP contribution in [0, 0.1) is 17.1 Å². The van der Waals surface area contributed by atoms with E-state index in [4.69, 9.17) is 15.1 Å². The molecule has 2 aromatic rings. The summed E-state index contributed by atoms with van der Waals surface area (Å²) >= 11 is 0. The van der Waals surface area contributed by atoms with E-state index in [1.165, 1.54) is 6.07 Å². The predicted octanol–water partition coefficient (Wildman–Crippen LogP) is 3.24. The van der Waals surface area contributed by atoms with Crippen molar-refractivity contribution in [2.75, 3.05) is 0 Å². The molecule has 5 nitrogen and oxygen atoms in total. The highest BCUT2D eigenvalue weighted by molar-refractivity contribution is 8.01. The van der Waals surface area contributed by atoms with Gasteiger partial charge in [0, 0.05) is 22.1 Å². The topological polar surface area (TPSA) is 96.3 Å².